The second kappa shape index (κ2) is 4.76. The standard InChI is InChI=1S/C9H15N3O2/c1-12-7(4-3-5-10)6-8(11-12)9(13)14-2/h6H,3-5,10H2,1-2H3. The zero-order valence-corrected chi connectivity index (χ0v) is 8.49. The molecule has 14 heavy (non-hydrogen) atoms. The minimum Gasteiger partial charge on any atom is -0.464 e. The largest absolute Gasteiger partial charge is 0.464 e. The summed E-state index contributed by atoms with van der Waals surface area (Å²) in [5.41, 5.74) is 6.74. The Hall–Kier alpha value is -1.36. The van der Waals surface area contributed by atoms with Crippen LogP contribution in [0.2, 0.25) is 0 Å². The molecule has 0 bridgehead atoms. The summed E-state index contributed by atoms with van der Waals surface area (Å²) in [5, 5.41) is 4.04. The van der Waals surface area contributed by atoms with Crippen LogP contribution < -0.4 is 5.73 Å². The van der Waals surface area contributed by atoms with Gasteiger partial charge in [-0.05, 0) is 25.5 Å². The molecule has 5 nitrogen and oxygen atoms in total. The minimum absolute atomic E-state index is 0.349. The number of nitrogens with zero attached hydrogens (tertiary/aromatic N) is 2. The Morgan fingerprint density at radius 3 is 3.00 bits per heavy atom. The lowest BCUT2D eigenvalue weighted by molar-refractivity contribution is 0.0593. The monoisotopic (exact) mass is 197 g/mol. The summed E-state index contributed by atoms with van der Waals surface area (Å²) >= 11 is 0. The summed E-state index contributed by atoms with van der Waals surface area (Å²) in [6, 6.07) is 1.74. The van der Waals surface area contributed by atoms with Gasteiger partial charge in [-0.15, -0.1) is 0 Å². The average Bonchev–Trinajstić information content (AvgIpc) is 2.56. The number of methoxy groups -OCH3 is 1. The normalized spacial score (nSPS) is 10.2. The van der Waals surface area contributed by atoms with Crippen molar-refractivity contribution in [2.45, 2.75) is 12.8 Å². The summed E-state index contributed by atoms with van der Waals surface area (Å²) in [7, 11) is 3.15. The van der Waals surface area contributed by atoms with Gasteiger partial charge in [-0.1, -0.05) is 0 Å². The van der Waals surface area contributed by atoms with Crippen molar-refractivity contribution in [2.24, 2.45) is 12.8 Å². The molecule has 0 aliphatic carbocycles. The van der Waals surface area contributed by atoms with Crippen molar-refractivity contribution in [3.05, 3.63) is 17.5 Å². The molecule has 0 saturated heterocycles. The summed E-state index contributed by atoms with van der Waals surface area (Å²) in [4.78, 5) is 11.1. The lowest BCUT2D eigenvalue weighted by Gasteiger charge is -1.97. The molecule has 0 unspecified atom stereocenters. The van der Waals surface area contributed by atoms with Crippen LogP contribution in [0.1, 0.15) is 22.6 Å². The maximum atomic E-state index is 11.1. The molecule has 0 aliphatic heterocycles. The van der Waals surface area contributed by atoms with Gasteiger partial charge in [0.2, 0.25) is 0 Å². The maximum absolute atomic E-state index is 11.1. The molecule has 1 heterocycles. The van der Waals surface area contributed by atoms with Gasteiger partial charge in [0, 0.05) is 12.7 Å². The highest BCUT2D eigenvalue weighted by Gasteiger charge is 2.11. The molecule has 0 aliphatic rings. The van der Waals surface area contributed by atoms with Crippen molar-refractivity contribution in [1.82, 2.24) is 9.78 Å². The van der Waals surface area contributed by atoms with E-state index < -0.39 is 5.97 Å². The Morgan fingerprint density at radius 1 is 1.71 bits per heavy atom. The zero-order valence-electron chi connectivity index (χ0n) is 8.49. The van der Waals surface area contributed by atoms with E-state index in [1.165, 1.54) is 7.11 Å². The fourth-order valence-electron chi connectivity index (χ4n) is 1.23. The smallest absolute Gasteiger partial charge is 0.358 e. The zero-order chi connectivity index (χ0) is 10.6. The van der Waals surface area contributed by atoms with Crippen molar-refractivity contribution in [1.29, 1.82) is 0 Å². The molecule has 1 aromatic heterocycles. The first-order valence-electron chi connectivity index (χ1n) is 4.50. The van der Waals surface area contributed by atoms with E-state index >= 15 is 0 Å². The van der Waals surface area contributed by atoms with Gasteiger partial charge in [-0.2, -0.15) is 5.10 Å². The molecule has 78 valence electrons. The van der Waals surface area contributed by atoms with E-state index in [9.17, 15) is 4.79 Å². The lowest BCUT2D eigenvalue weighted by Crippen LogP contribution is -2.04. The van der Waals surface area contributed by atoms with Crippen LogP contribution in [0.15, 0.2) is 6.07 Å². The van der Waals surface area contributed by atoms with E-state index in [-0.39, 0.29) is 0 Å². The number of rotatable bonds is 4. The molecular weight excluding hydrogens is 182 g/mol. The molecule has 1 aromatic rings. The van der Waals surface area contributed by atoms with E-state index in [1.807, 2.05) is 0 Å². The predicted octanol–water partition coefficient (Wildman–Crippen LogP) is 0.0980. The summed E-state index contributed by atoms with van der Waals surface area (Å²) < 4.78 is 6.25. The average molecular weight is 197 g/mol. The van der Waals surface area contributed by atoms with E-state index in [0.717, 1.165) is 18.5 Å². The number of ether oxygens (including phenoxy) is 1. The highest BCUT2D eigenvalue weighted by molar-refractivity contribution is 5.87. The molecule has 0 fully saturated rings. The Bertz CT molecular complexity index is 320. The number of nitrogens with two attached hydrogens (primary N) is 1. The van der Waals surface area contributed by atoms with Gasteiger partial charge in [-0.25, -0.2) is 4.79 Å². The van der Waals surface area contributed by atoms with E-state index in [0.29, 0.717) is 12.2 Å². The molecular formula is C9H15N3O2. The van der Waals surface area contributed by atoms with Crippen LogP contribution >= 0.6 is 0 Å². The van der Waals surface area contributed by atoms with Gasteiger partial charge in [0.15, 0.2) is 5.69 Å². The van der Waals surface area contributed by atoms with Crippen LogP contribution in [-0.2, 0) is 18.2 Å². The molecule has 0 radical (unpaired) electrons. The number of hydrogen-bond donors (Lipinski definition) is 1. The first kappa shape index (κ1) is 10.7. The quantitative estimate of drug-likeness (QED) is 0.695. The highest BCUT2D eigenvalue weighted by atomic mass is 16.5. The van der Waals surface area contributed by atoms with Crippen LogP contribution in [0, 0.1) is 0 Å². The second-order valence-corrected chi connectivity index (χ2v) is 3.03. The van der Waals surface area contributed by atoms with Crippen LogP contribution in [0.3, 0.4) is 0 Å². The number of esters is 1. The minimum atomic E-state index is -0.403. The third kappa shape index (κ3) is 2.32. The maximum Gasteiger partial charge on any atom is 0.358 e. The Morgan fingerprint density at radius 2 is 2.43 bits per heavy atom. The summed E-state index contributed by atoms with van der Waals surface area (Å²) in [6.07, 6.45) is 1.72. The highest BCUT2D eigenvalue weighted by Crippen LogP contribution is 2.06. The van der Waals surface area contributed by atoms with Crippen LogP contribution in [-0.4, -0.2) is 29.4 Å². The van der Waals surface area contributed by atoms with Gasteiger partial charge in [-0.3, -0.25) is 4.68 Å². The van der Waals surface area contributed by atoms with Crippen molar-refractivity contribution < 1.29 is 9.53 Å². The number of aryl methyl sites for hydroxylation is 2. The summed E-state index contributed by atoms with van der Waals surface area (Å²) in [6.45, 7) is 0.638. The van der Waals surface area contributed by atoms with Gasteiger partial charge in [0.25, 0.3) is 0 Å². The van der Waals surface area contributed by atoms with Gasteiger partial charge in [0.05, 0.1) is 7.11 Å². The lowest BCUT2D eigenvalue weighted by atomic mass is 10.2. The number of aromatic nitrogens is 2. The van der Waals surface area contributed by atoms with Crippen molar-refractivity contribution in [3.8, 4) is 0 Å². The molecule has 2 N–H and O–H groups in total. The Kier molecular flexibility index (Phi) is 3.64. The molecule has 0 spiro atoms. The molecule has 0 saturated carbocycles. The fourth-order valence-corrected chi connectivity index (χ4v) is 1.23. The van der Waals surface area contributed by atoms with Gasteiger partial charge >= 0.3 is 5.97 Å². The molecule has 1 rings (SSSR count). The first-order chi connectivity index (χ1) is 6.69. The molecule has 0 atom stereocenters. The Balaban J connectivity index is 2.76. The number of hydrogen-bond acceptors (Lipinski definition) is 4. The van der Waals surface area contributed by atoms with Crippen molar-refractivity contribution >= 4 is 5.97 Å². The number of carbonyl (C=O) groups excluding carboxylic acids is 1. The SMILES string of the molecule is COC(=O)c1cc(CCCN)n(C)n1. The topological polar surface area (TPSA) is 70.1 Å². The summed E-state index contributed by atoms with van der Waals surface area (Å²) in [5.74, 6) is -0.403. The first-order valence-corrected chi connectivity index (χ1v) is 4.50. The third-order valence-corrected chi connectivity index (χ3v) is 2.01. The van der Waals surface area contributed by atoms with Gasteiger partial charge < -0.3 is 10.5 Å². The molecule has 0 aromatic carbocycles. The molecule has 5 heteroatoms. The van der Waals surface area contributed by atoms with Crippen molar-refractivity contribution in [2.75, 3.05) is 13.7 Å². The predicted molar refractivity (Wildman–Crippen MR) is 51.9 cm³/mol. The third-order valence-electron chi connectivity index (χ3n) is 2.01. The molecule has 0 amide bonds. The van der Waals surface area contributed by atoms with Crippen LogP contribution in [0.25, 0.3) is 0 Å². The van der Waals surface area contributed by atoms with E-state index in [2.05, 4.69) is 9.84 Å². The van der Waals surface area contributed by atoms with Crippen LogP contribution in [0.5, 0.6) is 0 Å². The van der Waals surface area contributed by atoms with E-state index in [1.54, 1.807) is 17.8 Å². The number of carbonyl (C=O) groups is 1. The van der Waals surface area contributed by atoms with Crippen LogP contribution in [0.4, 0.5) is 0 Å². The second-order valence-electron chi connectivity index (χ2n) is 3.03. The fraction of sp³-hybridized carbons (Fsp3) is 0.556. The van der Waals surface area contributed by atoms with Gasteiger partial charge in [0.1, 0.15) is 0 Å². The Labute approximate surface area is 82.8 Å². The van der Waals surface area contributed by atoms with Crippen molar-refractivity contribution in [3.63, 3.8) is 0 Å². The van der Waals surface area contributed by atoms with E-state index in [4.69, 9.17) is 5.73 Å².